The lowest BCUT2D eigenvalue weighted by Gasteiger charge is -2.33. The molecule has 0 bridgehead atoms. The Bertz CT molecular complexity index is 221. The molecule has 0 saturated carbocycles. The van der Waals surface area contributed by atoms with Gasteiger partial charge in [0.1, 0.15) is 5.84 Å². The standard InChI is InChI=1S/C11H21N3/c1-4-6-13-11(5-2)14-8-7-12-10(3)9-14/h4,6,10,12H,5,7-9H2,1-3H3. The van der Waals surface area contributed by atoms with Crippen molar-refractivity contribution >= 4 is 5.84 Å². The molecule has 1 aliphatic rings. The molecule has 1 heterocycles. The van der Waals surface area contributed by atoms with Gasteiger partial charge in [-0.15, -0.1) is 0 Å². The van der Waals surface area contributed by atoms with Gasteiger partial charge in [-0.05, 0) is 13.8 Å². The van der Waals surface area contributed by atoms with Crippen molar-refractivity contribution in [1.29, 1.82) is 0 Å². The van der Waals surface area contributed by atoms with Gasteiger partial charge in [0, 0.05) is 38.3 Å². The first-order valence-electron chi connectivity index (χ1n) is 5.44. The van der Waals surface area contributed by atoms with E-state index in [1.807, 2.05) is 19.2 Å². The topological polar surface area (TPSA) is 27.6 Å². The average Bonchev–Trinajstić information content (AvgIpc) is 2.19. The third-order valence-corrected chi connectivity index (χ3v) is 2.42. The van der Waals surface area contributed by atoms with Crippen molar-refractivity contribution in [3.05, 3.63) is 12.3 Å². The van der Waals surface area contributed by atoms with E-state index in [2.05, 4.69) is 29.1 Å². The van der Waals surface area contributed by atoms with Crippen molar-refractivity contribution in [3.63, 3.8) is 0 Å². The molecule has 0 radical (unpaired) electrons. The lowest BCUT2D eigenvalue weighted by atomic mass is 10.2. The largest absolute Gasteiger partial charge is 0.357 e. The molecule has 0 aliphatic carbocycles. The predicted molar refractivity (Wildman–Crippen MR) is 61.6 cm³/mol. The Morgan fingerprint density at radius 1 is 1.64 bits per heavy atom. The molecule has 1 N–H and O–H groups in total. The van der Waals surface area contributed by atoms with Crippen molar-refractivity contribution < 1.29 is 0 Å². The molecule has 1 atom stereocenters. The summed E-state index contributed by atoms with van der Waals surface area (Å²) in [5.74, 6) is 1.21. The van der Waals surface area contributed by atoms with Crippen molar-refractivity contribution in [1.82, 2.24) is 10.2 Å². The van der Waals surface area contributed by atoms with Crippen LogP contribution in [0.3, 0.4) is 0 Å². The molecule has 0 aromatic carbocycles. The third kappa shape index (κ3) is 3.14. The normalized spacial score (nSPS) is 24.6. The number of rotatable bonds is 2. The molecular weight excluding hydrogens is 174 g/mol. The quantitative estimate of drug-likeness (QED) is 0.535. The van der Waals surface area contributed by atoms with Crippen LogP contribution in [-0.4, -0.2) is 36.4 Å². The highest BCUT2D eigenvalue weighted by Crippen LogP contribution is 2.03. The minimum atomic E-state index is 0.575. The molecule has 1 rings (SSSR count). The molecule has 0 aromatic heterocycles. The number of hydrogen-bond acceptors (Lipinski definition) is 2. The van der Waals surface area contributed by atoms with E-state index in [9.17, 15) is 0 Å². The summed E-state index contributed by atoms with van der Waals surface area (Å²) >= 11 is 0. The second kappa shape index (κ2) is 5.81. The van der Waals surface area contributed by atoms with E-state index in [1.54, 1.807) is 0 Å². The molecule has 14 heavy (non-hydrogen) atoms. The molecule has 3 nitrogen and oxygen atoms in total. The van der Waals surface area contributed by atoms with Gasteiger partial charge in [0.25, 0.3) is 0 Å². The summed E-state index contributed by atoms with van der Waals surface area (Å²) in [7, 11) is 0. The van der Waals surface area contributed by atoms with E-state index in [0.29, 0.717) is 6.04 Å². The van der Waals surface area contributed by atoms with Gasteiger partial charge in [0.05, 0.1) is 0 Å². The minimum absolute atomic E-state index is 0.575. The lowest BCUT2D eigenvalue weighted by molar-refractivity contribution is 0.300. The van der Waals surface area contributed by atoms with Crippen molar-refractivity contribution in [2.45, 2.75) is 33.2 Å². The molecule has 1 saturated heterocycles. The van der Waals surface area contributed by atoms with Crippen LogP contribution in [-0.2, 0) is 0 Å². The van der Waals surface area contributed by atoms with Crippen LogP contribution in [0, 0.1) is 0 Å². The zero-order valence-electron chi connectivity index (χ0n) is 9.45. The molecule has 1 unspecified atom stereocenters. The Morgan fingerprint density at radius 2 is 2.43 bits per heavy atom. The third-order valence-electron chi connectivity index (χ3n) is 2.42. The van der Waals surface area contributed by atoms with E-state index in [-0.39, 0.29) is 0 Å². The number of hydrogen-bond donors (Lipinski definition) is 1. The van der Waals surface area contributed by atoms with E-state index in [0.717, 1.165) is 26.1 Å². The Labute approximate surface area is 86.9 Å². The van der Waals surface area contributed by atoms with Gasteiger partial charge < -0.3 is 10.2 Å². The van der Waals surface area contributed by atoms with Gasteiger partial charge in [0.15, 0.2) is 0 Å². The fourth-order valence-corrected chi connectivity index (χ4v) is 1.72. The molecule has 0 aromatic rings. The van der Waals surface area contributed by atoms with Gasteiger partial charge in [0.2, 0.25) is 0 Å². The van der Waals surface area contributed by atoms with Crippen LogP contribution < -0.4 is 5.32 Å². The molecular formula is C11H21N3. The first-order chi connectivity index (χ1) is 6.77. The summed E-state index contributed by atoms with van der Waals surface area (Å²) in [4.78, 5) is 6.83. The SMILES string of the molecule is CC=CN=C(CC)N1CCNC(C)C1. The van der Waals surface area contributed by atoms with Crippen LogP contribution in [0.5, 0.6) is 0 Å². The van der Waals surface area contributed by atoms with Crippen LogP contribution in [0.4, 0.5) is 0 Å². The molecule has 0 spiro atoms. The lowest BCUT2D eigenvalue weighted by Crippen LogP contribution is -2.51. The van der Waals surface area contributed by atoms with Crippen LogP contribution in [0.1, 0.15) is 27.2 Å². The molecule has 0 amide bonds. The summed E-state index contributed by atoms with van der Waals surface area (Å²) in [6.45, 7) is 9.59. The molecule has 1 fully saturated rings. The maximum absolute atomic E-state index is 4.45. The van der Waals surface area contributed by atoms with E-state index < -0.39 is 0 Å². The van der Waals surface area contributed by atoms with Gasteiger partial charge in [-0.3, -0.25) is 0 Å². The number of aliphatic imine (C=N–C) groups is 1. The number of amidine groups is 1. The zero-order valence-corrected chi connectivity index (χ0v) is 9.45. The Hall–Kier alpha value is -0.830. The molecule has 1 aliphatic heterocycles. The number of nitrogens with one attached hydrogen (secondary N) is 1. The second-order valence-electron chi connectivity index (χ2n) is 3.68. The fourth-order valence-electron chi connectivity index (χ4n) is 1.72. The highest BCUT2D eigenvalue weighted by Gasteiger charge is 2.17. The van der Waals surface area contributed by atoms with Crippen LogP contribution in [0.2, 0.25) is 0 Å². The monoisotopic (exact) mass is 195 g/mol. The van der Waals surface area contributed by atoms with Crippen LogP contribution >= 0.6 is 0 Å². The first-order valence-corrected chi connectivity index (χ1v) is 5.44. The number of nitrogens with zero attached hydrogens (tertiary/aromatic N) is 2. The van der Waals surface area contributed by atoms with Crippen LogP contribution in [0.25, 0.3) is 0 Å². The van der Waals surface area contributed by atoms with Gasteiger partial charge >= 0.3 is 0 Å². The van der Waals surface area contributed by atoms with Crippen molar-refractivity contribution in [2.75, 3.05) is 19.6 Å². The highest BCUT2D eigenvalue weighted by atomic mass is 15.2. The van der Waals surface area contributed by atoms with Crippen LogP contribution in [0.15, 0.2) is 17.3 Å². The second-order valence-corrected chi connectivity index (χ2v) is 3.68. The Balaban J connectivity index is 2.59. The van der Waals surface area contributed by atoms with Gasteiger partial charge in [-0.2, -0.15) is 0 Å². The minimum Gasteiger partial charge on any atom is -0.357 e. The average molecular weight is 195 g/mol. The predicted octanol–water partition coefficient (Wildman–Crippen LogP) is 1.62. The maximum Gasteiger partial charge on any atom is 0.104 e. The zero-order chi connectivity index (χ0) is 10.4. The van der Waals surface area contributed by atoms with Gasteiger partial charge in [-0.1, -0.05) is 13.0 Å². The summed E-state index contributed by atoms with van der Waals surface area (Å²) in [5, 5.41) is 3.43. The molecule has 3 heteroatoms. The summed E-state index contributed by atoms with van der Waals surface area (Å²) in [5.41, 5.74) is 0. The van der Waals surface area contributed by atoms with Crippen molar-refractivity contribution in [3.8, 4) is 0 Å². The van der Waals surface area contributed by atoms with E-state index in [4.69, 9.17) is 0 Å². The van der Waals surface area contributed by atoms with E-state index in [1.165, 1.54) is 5.84 Å². The first kappa shape index (κ1) is 11.2. The van der Waals surface area contributed by atoms with Gasteiger partial charge in [-0.25, -0.2) is 4.99 Å². The fraction of sp³-hybridized carbons (Fsp3) is 0.727. The maximum atomic E-state index is 4.45. The van der Waals surface area contributed by atoms with E-state index >= 15 is 0 Å². The summed E-state index contributed by atoms with van der Waals surface area (Å²) in [6, 6.07) is 0.575. The summed E-state index contributed by atoms with van der Waals surface area (Å²) in [6.07, 6.45) is 4.86. The van der Waals surface area contributed by atoms with Crippen molar-refractivity contribution in [2.24, 2.45) is 4.99 Å². The number of piperazine rings is 1. The Kier molecular flexibility index (Phi) is 4.66. The Morgan fingerprint density at radius 3 is 3.00 bits per heavy atom. The number of allylic oxidation sites excluding steroid dienone is 1. The highest BCUT2D eigenvalue weighted by molar-refractivity contribution is 5.82. The smallest absolute Gasteiger partial charge is 0.104 e. The summed E-state index contributed by atoms with van der Waals surface area (Å²) < 4.78 is 0. The molecule has 80 valence electrons.